The van der Waals surface area contributed by atoms with E-state index in [0.29, 0.717) is 22.4 Å². The second kappa shape index (κ2) is 15.1. The molecule has 6 N–H and O–H groups in total. The van der Waals surface area contributed by atoms with Crippen molar-refractivity contribution in [1.82, 2.24) is 14.9 Å². The molecule has 2 rings (SSSR count). The lowest BCUT2D eigenvalue weighted by molar-refractivity contribution is -0.139. The number of hydrogen-bond acceptors (Lipinski definition) is 8. The number of methoxy groups -OCH3 is 1. The molecule has 0 spiro atoms. The number of alkyl carbamates (subject to hydrolysis) is 1. The predicted molar refractivity (Wildman–Crippen MR) is 165 cm³/mol. The van der Waals surface area contributed by atoms with E-state index >= 15 is 0 Å². The number of carboxylic acids is 1. The van der Waals surface area contributed by atoms with Gasteiger partial charge in [0, 0.05) is 19.1 Å². The van der Waals surface area contributed by atoms with Gasteiger partial charge >= 0.3 is 12.1 Å². The number of amides is 1. The summed E-state index contributed by atoms with van der Waals surface area (Å²) in [6.45, 7) is 10.2. The zero-order valence-corrected chi connectivity index (χ0v) is 26.8. The van der Waals surface area contributed by atoms with E-state index in [9.17, 15) is 23.1 Å². The number of aryl methyl sites for hydroxylation is 1. The van der Waals surface area contributed by atoms with Crippen LogP contribution < -0.4 is 21.1 Å². The molecule has 0 aliphatic heterocycles. The van der Waals surface area contributed by atoms with Crippen molar-refractivity contribution in [3.05, 3.63) is 58.7 Å². The van der Waals surface area contributed by atoms with E-state index in [1.165, 1.54) is 7.11 Å². The quantitative estimate of drug-likeness (QED) is 0.156. The molecule has 0 heterocycles. The van der Waals surface area contributed by atoms with Gasteiger partial charge in [-0.25, -0.2) is 17.5 Å². The molecule has 0 aromatic heterocycles. The fourth-order valence-electron chi connectivity index (χ4n) is 4.67. The SMILES string of the molecule is COc1cc(C)c(S(=O)(=O)N(CCCC(CNC(Cc2ccccc2)C(=O)O)NC(=O)OC(C)(C)C)C(=N)N)c(C)c1C. The maximum atomic E-state index is 13.7. The van der Waals surface area contributed by atoms with Crippen molar-refractivity contribution in [3.63, 3.8) is 0 Å². The van der Waals surface area contributed by atoms with Gasteiger partial charge in [0.05, 0.1) is 12.0 Å². The van der Waals surface area contributed by atoms with Gasteiger partial charge in [-0.1, -0.05) is 30.3 Å². The lowest BCUT2D eigenvalue weighted by Gasteiger charge is -2.27. The van der Waals surface area contributed by atoms with Gasteiger partial charge in [-0.15, -0.1) is 0 Å². The minimum Gasteiger partial charge on any atom is -0.496 e. The average Bonchev–Trinajstić information content (AvgIpc) is 2.89. The topological polar surface area (TPSA) is 184 Å². The number of nitrogens with zero attached hydrogens (tertiary/aromatic N) is 1. The normalized spacial score (nSPS) is 13.1. The number of carboxylic acid groups (broad SMARTS) is 1. The zero-order chi connectivity index (χ0) is 32.5. The third-order valence-corrected chi connectivity index (χ3v) is 8.94. The Labute approximate surface area is 254 Å². The van der Waals surface area contributed by atoms with Crippen molar-refractivity contribution in [2.45, 2.75) is 83.4 Å². The molecule has 238 valence electrons. The van der Waals surface area contributed by atoms with Crippen LogP contribution in [0, 0.1) is 26.2 Å². The maximum absolute atomic E-state index is 13.7. The third-order valence-electron chi connectivity index (χ3n) is 6.84. The van der Waals surface area contributed by atoms with Crippen molar-refractivity contribution < 1.29 is 32.6 Å². The van der Waals surface area contributed by atoms with Gasteiger partial charge in [-0.05, 0) is 89.1 Å². The molecule has 2 aromatic carbocycles. The number of carbonyl (C=O) groups excluding carboxylic acids is 1. The summed E-state index contributed by atoms with van der Waals surface area (Å²) in [5, 5.41) is 23.6. The highest BCUT2D eigenvalue weighted by molar-refractivity contribution is 7.89. The van der Waals surface area contributed by atoms with Crippen LogP contribution in [-0.2, 0) is 26.0 Å². The third kappa shape index (κ3) is 10.1. The summed E-state index contributed by atoms with van der Waals surface area (Å²) in [5.41, 5.74) is 7.45. The number of ether oxygens (including phenoxy) is 2. The van der Waals surface area contributed by atoms with E-state index in [1.54, 1.807) is 47.6 Å². The maximum Gasteiger partial charge on any atom is 0.407 e. The Bertz CT molecular complexity index is 1390. The summed E-state index contributed by atoms with van der Waals surface area (Å²) in [6.07, 6.45) is -0.0238. The van der Waals surface area contributed by atoms with E-state index < -0.39 is 45.7 Å². The smallest absolute Gasteiger partial charge is 0.407 e. The summed E-state index contributed by atoms with van der Waals surface area (Å²) < 4.78 is 39.1. The van der Waals surface area contributed by atoms with Crippen molar-refractivity contribution in [3.8, 4) is 5.75 Å². The highest BCUT2D eigenvalue weighted by atomic mass is 32.2. The first-order valence-corrected chi connectivity index (χ1v) is 15.4. The predicted octanol–water partition coefficient (Wildman–Crippen LogP) is 3.46. The molecule has 0 aliphatic carbocycles. The number of aliphatic carboxylic acids is 1. The second-order valence-corrected chi connectivity index (χ2v) is 13.2. The van der Waals surface area contributed by atoms with Gasteiger partial charge in [-0.2, -0.15) is 0 Å². The Morgan fingerprint density at radius 2 is 1.74 bits per heavy atom. The lowest BCUT2D eigenvalue weighted by Crippen LogP contribution is -2.49. The van der Waals surface area contributed by atoms with Gasteiger partial charge in [-0.3, -0.25) is 10.2 Å². The van der Waals surface area contributed by atoms with E-state index in [4.69, 9.17) is 20.6 Å². The molecule has 0 saturated carbocycles. The van der Waals surface area contributed by atoms with Crippen LogP contribution in [-0.4, -0.2) is 73.7 Å². The monoisotopic (exact) mass is 619 g/mol. The van der Waals surface area contributed by atoms with Crippen LogP contribution in [0.5, 0.6) is 5.75 Å². The molecule has 0 bridgehead atoms. The van der Waals surface area contributed by atoms with E-state index in [2.05, 4.69) is 10.6 Å². The standard InChI is InChI=1S/C30H45N5O7S/c1-19-16-25(41-7)20(2)21(3)26(19)43(39,40)35(28(31)32)15-11-14-23(34-29(38)42-30(4,5)6)18-33-24(27(36)37)17-22-12-9-8-10-13-22/h8-10,12-13,16,23-24,33H,11,14-15,17-18H2,1-7H3,(H3,31,32)(H,34,38)(H,36,37). The van der Waals surface area contributed by atoms with E-state index in [-0.39, 0.29) is 37.2 Å². The van der Waals surface area contributed by atoms with Crippen LogP contribution in [0.2, 0.25) is 0 Å². The lowest BCUT2D eigenvalue weighted by atomic mass is 10.1. The molecule has 2 unspecified atom stereocenters. The first kappa shape index (κ1) is 35.4. The molecule has 1 amide bonds. The van der Waals surface area contributed by atoms with Crippen molar-refractivity contribution in [1.29, 1.82) is 5.41 Å². The number of nitrogens with two attached hydrogens (primary N) is 1. The van der Waals surface area contributed by atoms with Crippen LogP contribution in [0.15, 0.2) is 41.3 Å². The van der Waals surface area contributed by atoms with Crippen LogP contribution in [0.4, 0.5) is 4.79 Å². The summed E-state index contributed by atoms with van der Waals surface area (Å²) >= 11 is 0. The average molecular weight is 620 g/mol. The molecule has 0 fully saturated rings. The van der Waals surface area contributed by atoms with Gasteiger partial charge in [0.2, 0.25) is 5.96 Å². The number of sulfonamides is 1. The first-order chi connectivity index (χ1) is 20.0. The highest BCUT2D eigenvalue weighted by Gasteiger charge is 2.31. The Balaban J connectivity index is 2.24. The van der Waals surface area contributed by atoms with Crippen LogP contribution in [0.1, 0.15) is 55.9 Å². The Kier molecular flexibility index (Phi) is 12.4. The number of benzene rings is 2. The second-order valence-electron chi connectivity index (χ2n) is 11.4. The fraction of sp³-hybridized carbons (Fsp3) is 0.500. The molecular weight excluding hydrogens is 574 g/mol. The summed E-state index contributed by atoms with van der Waals surface area (Å²) in [6, 6.07) is 9.25. The molecule has 43 heavy (non-hydrogen) atoms. The number of nitrogens with one attached hydrogen (secondary N) is 3. The number of rotatable bonds is 14. The summed E-state index contributed by atoms with van der Waals surface area (Å²) in [4.78, 5) is 24.6. The Morgan fingerprint density at radius 3 is 2.28 bits per heavy atom. The number of hydrogen-bond donors (Lipinski definition) is 5. The molecule has 2 atom stereocenters. The molecular formula is C30H45N5O7S. The summed E-state index contributed by atoms with van der Waals surface area (Å²) in [7, 11) is -2.69. The van der Waals surface area contributed by atoms with Crippen LogP contribution >= 0.6 is 0 Å². The van der Waals surface area contributed by atoms with Gasteiger partial charge in [0.25, 0.3) is 10.0 Å². The fourth-order valence-corrected chi connectivity index (χ4v) is 6.53. The Hall–Kier alpha value is -3.84. The molecule has 12 nitrogen and oxygen atoms in total. The first-order valence-electron chi connectivity index (χ1n) is 14.0. The summed E-state index contributed by atoms with van der Waals surface area (Å²) in [5.74, 6) is -1.14. The minimum absolute atomic E-state index is 0.0521. The van der Waals surface area contributed by atoms with E-state index in [1.807, 2.05) is 30.3 Å². The van der Waals surface area contributed by atoms with Gasteiger partial charge in [0.1, 0.15) is 17.4 Å². The van der Waals surface area contributed by atoms with Gasteiger partial charge < -0.3 is 30.9 Å². The molecule has 0 radical (unpaired) electrons. The highest BCUT2D eigenvalue weighted by Crippen LogP contribution is 2.32. The van der Waals surface area contributed by atoms with Crippen LogP contribution in [0.3, 0.4) is 0 Å². The molecule has 0 saturated heterocycles. The number of guanidine groups is 1. The molecule has 0 aliphatic rings. The van der Waals surface area contributed by atoms with Crippen molar-refractivity contribution in [2.75, 3.05) is 20.2 Å². The largest absolute Gasteiger partial charge is 0.496 e. The minimum atomic E-state index is -4.20. The van der Waals surface area contributed by atoms with Crippen LogP contribution in [0.25, 0.3) is 0 Å². The van der Waals surface area contributed by atoms with Crippen molar-refractivity contribution in [2.24, 2.45) is 5.73 Å². The van der Waals surface area contributed by atoms with E-state index in [0.717, 1.165) is 9.87 Å². The zero-order valence-electron chi connectivity index (χ0n) is 26.0. The Morgan fingerprint density at radius 1 is 1.12 bits per heavy atom. The molecule has 2 aromatic rings. The molecule has 13 heteroatoms. The number of carbonyl (C=O) groups is 2. The van der Waals surface area contributed by atoms with Crippen molar-refractivity contribution >= 4 is 28.0 Å². The van der Waals surface area contributed by atoms with Gasteiger partial charge in [0.15, 0.2) is 0 Å².